The molecule has 1 saturated carbocycles. The highest BCUT2D eigenvalue weighted by molar-refractivity contribution is 5.00. The number of rotatable bonds is 5. The number of hydrogen-bond donors (Lipinski definition) is 1. The van der Waals surface area contributed by atoms with Gasteiger partial charge in [0.25, 0.3) is 0 Å². The van der Waals surface area contributed by atoms with Gasteiger partial charge in [-0.15, -0.1) is 11.8 Å². The Kier molecular flexibility index (Phi) is 6.02. The Balaban J connectivity index is 2.63. The maximum atomic E-state index is 5.90. The maximum Gasteiger partial charge on any atom is 0.0831 e. The largest absolute Gasteiger partial charge is 0.377 e. The van der Waals surface area contributed by atoms with Gasteiger partial charge in [0.05, 0.1) is 5.60 Å². The van der Waals surface area contributed by atoms with Crippen LogP contribution in [0.25, 0.3) is 0 Å². The minimum absolute atomic E-state index is 0.0384. The molecular formula is C15H27NO. The number of methoxy groups -OCH3 is 1. The Hall–Kier alpha value is -0.520. The van der Waals surface area contributed by atoms with E-state index >= 15 is 0 Å². The predicted molar refractivity (Wildman–Crippen MR) is 72.9 cm³/mol. The summed E-state index contributed by atoms with van der Waals surface area (Å²) in [6.07, 6.45) is 6.96. The van der Waals surface area contributed by atoms with Crippen molar-refractivity contribution in [1.29, 1.82) is 0 Å². The van der Waals surface area contributed by atoms with E-state index in [2.05, 4.69) is 24.1 Å². The average Bonchev–Trinajstić information content (AvgIpc) is 2.37. The van der Waals surface area contributed by atoms with Gasteiger partial charge < -0.3 is 10.1 Å². The van der Waals surface area contributed by atoms with Crippen LogP contribution in [0.1, 0.15) is 52.4 Å². The average molecular weight is 237 g/mol. The Morgan fingerprint density at radius 2 is 2.06 bits per heavy atom. The SMILES string of the molecule is CC#CCCC(NC)C1(OC)CCC(C)CC1. The van der Waals surface area contributed by atoms with Crippen LogP contribution in [-0.4, -0.2) is 25.8 Å². The van der Waals surface area contributed by atoms with Crippen LogP contribution in [0.3, 0.4) is 0 Å². The molecule has 98 valence electrons. The number of ether oxygens (including phenoxy) is 1. The lowest BCUT2D eigenvalue weighted by molar-refractivity contribution is -0.0746. The molecule has 0 aromatic heterocycles. The van der Waals surface area contributed by atoms with Gasteiger partial charge in [0, 0.05) is 19.6 Å². The van der Waals surface area contributed by atoms with Crippen LogP contribution in [0.2, 0.25) is 0 Å². The van der Waals surface area contributed by atoms with Crippen LogP contribution in [0, 0.1) is 17.8 Å². The fraction of sp³-hybridized carbons (Fsp3) is 0.867. The smallest absolute Gasteiger partial charge is 0.0831 e. The van der Waals surface area contributed by atoms with E-state index in [1.54, 1.807) is 0 Å². The molecule has 17 heavy (non-hydrogen) atoms. The van der Waals surface area contributed by atoms with Crippen molar-refractivity contribution in [2.75, 3.05) is 14.2 Å². The summed E-state index contributed by atoms with van der Waals surface area (Å²) >= 11 is 0. The minimum Gasteiger partial charge on any atom is -0.377 e. The van der Waals surface area contributed by atoms with E-state index in [4.69, 9.17) is 4.74 Å². The first-order valence-electron chi connectivity index (χ1n) is 6.80. The van der Waals surface area contributed by atoms with Crippen molar-refractivity contribution in [1.82, 2.24) is 5.32 Å². The molecule has 0 radical (unpaired) electrons. The van der Waals surface area contributed by atoms with E-state index in [1.165, 1.54) is 25.7 Å². The summed E-state index contributed by atoms with van der Waals surface area (Å²) in [5, 5.41) is 3.44. The molecule has 0 saturated heterocycles. The summed E-state index contributed by atoms with van der Waals surface area (Å²) in [6.45, 7) is 4.25. The van der Waals surface area contributed by atoms with Gasteiger partial charge in [0.15, 0.2) is 0 Å². The molecule has 2 heteroatoms. The van der Waals surface area contributed by atoms with E-state index in [0.717, 1.165) is 18.8 Å². The van der Waals surface area contributed by atoms with Gasteiger partial charge in [-0.25, -0.2) is 0 Å². The van der Waals surface area contributed by atoms with Crippen molar-refractivity contribution in [3.05, 3.63) is 0 Å². The van der Waals surface area contributed by atoms with Crippen molar-refractivity contribution in [2.45, 2.75) is 64.0 Å². The van der Waals surface area contributed by atoms with Crippen molar-refractivity contribution in [3.8, 4) is 11.8 Å². The van der Waals surface area contributed by atoms with E-state index in [0.29, 0.717) is 6.04 Å². The monoisotopic (exact) mass is 237 g/mol. The number of nitrogens with one attached hydrogen (secondary N) is 1. The molecule has 1 aliphatic rings. The zero-order valence-corrected chi connectivity index (χ0v) is 11.8. The first-order chi connectivity index (χ1) is 8.18. The number of hydrogen-bond acceptors (Lipinski definition) is 2. The van der Waals surface area contributed by atoms with Gasteiger partial charge in [-0.2, -0.15) is 0 Å². The quantitative estimate of drug-likeness (QED) is 0.742. The van der Waals surface area contributed by atoms with Crippen LogP contribution in [0.15, 0.2) is 0 Å². The minimum atomic E-state index is 0.0384. The highest BCUT2D eigenvalue weighted by Gasteiger charge is 2.40. The van der Waals surface area contributed by atoms with Crippen molar-refractivity contribution in [2.24, 2.45) is 5.92 Å². The molecule has 0 spiro atoms. The lowest BCUT2D eigenvalue weighted by atomic mass is 9.74. The first-order valence-corrected chi connectivity index (χ1v) is 6.80. The van der Waals surface area contributed by atoms with Crippen molar-refractivity contribution >= 4 is 0 Å². The van der Waals surface area contributed by atoms with Crippen LogP contribution < -0.4 is 5.32 Å². The molecule has 1 N–H and O–H groups in total. The Morgan fingerprint density at radius 1 is 1.41 bits per heavy atom. The lowest BCUT2D eigenvalue weighted by Gasteiger charge is -2.44. The van der Waals surface area contributed by atoms with Crippen molar-refractivity contribution in [3.63, 3.8) is 0 Å². The normalized spacial score (nSPS) is 30.5. The molecule has 1 aliphatic carbocycles. The molecule has 0 amide bonds. The van der Waals surface area contributed by atoms with E-state index < -0.39 is 0 Å². The third-order valence-corrected chi connectivity index (χ3v) is 4.25. The van der Waals surface area contributed by atoms with Crippen molar-refractivity contribution < 1.29 is 4.74 Å². The molecule has 0 aliphatic heterocycles. The Bertz CT molecular complexity index is 268. The van der Waals surface area contributed by atoms with Gasteiger partial charge in [0.2, 0.25) is 0 Å². The van der Waals surface area contributed by atoms with Gasteiger partial charge in [-0.3, -0.25) is 0 Å². The third-order valence-electron chi connectivity index (χ3n) is 4.25. The highest BCUT2D eigenvalue weighted by atomic mass is 16.5. The van der Waals surface area contributed by atoms with Gasteiger partial charge in [-0.05, 0) is 52.0 Å². The predicted octanol–water partition coefficient (Wildman–Crippen LogP) is 2.97. The third kappa shape index (κ3) is 3.72. The maximum absolute atomic E-state index is 5.90. The Morgan fingerprint density at radius 3 is 2.53 bits per heavy atom. The number of likely N-dealkylation sites (N-methyl/N-ethyl adjacent to an activating group) is 1. The fourth-order valence-corrected chi connectivity index (χ4v) is 2.96. The van der Waals surface area contributed by atoms with E-state index in [9.17, 15) is 0 Å². The van der Waals surface area contributed by atoms with Crippen LogP contribution in [0.5, 0.6) is 0 Å². The summed E-state index contributed by atoms with van der Waals surface area (Å²) in [5.41, 5.74) is 0.0384. The molecule has 0 heterocycles. The standard InChI is InChI=1S/C15H27NO/c1-5-6-7-8-14(16-3)15(17-4)11-9-13(2)10-12-15/h13-14,16H,7-12H2,1-4H3. The second kappa shape index (κ2) is 7.03. The van der Waals surface area contributed by atoms with Gasteiger partial charge in [-0.1, -0.05) is 6.92 Å². The summed E-state index contributed by atoms with van der Waals surface area (Å²) in [7, 11) is 3.91. The molecule has 1 rings (SSSR count). The molecule has 0 bridgehead atoms. The second-order valence-corrected chi connectivity index (χ2v) is 5.26. The second-order valence-electron chi connectivity index (χ2n) is 5.26. The topological polar surface area (TPSA) is 21.3 Å². The zero-order valence-electron chi connectivity index (χ0n) is 11.8. The summed E-state index contributed by atoms with van der Waals surface area (Å²) < 4.78 is 5.90. The van der Waals surface area contributed by atoms with Crippen LogP contribution in [-0.2, 0) is 4.74 Å². The molecule has 1 unspecified atom stereocenters. The lowest BCUT2D eigenvalue weighted by Crippen LogP contribution is -2.52. The van der Waals surface area contributed by atoms with Gasteiger partial charge >= 0.3 is 0 Å². The molecule has 2 nitrogen and oxygen atoms in total. The first kappa shape index (κ1) is 14.5. The molecular weight excluding hydrogens is 210 g/mol. The Labute approximate surface area is 107 Å². The van der Waals surface area contributed by atoms with E-state index in [-0.39, 0.29) is 5.60 Å². The van der Waals surface area contributed by atoms with E-state index in [1.807, 2.05) is 21.1 Å². The highest BCUT2D eigenvalue weighted by Crippen LogP contribution is 2.37. The van der Waals surface area contributed by atoms with Crippen LogP contribution in [0.4, 0.5) is 0 Å². The summed E-state index contributed by atoms with van der Waals surface area (Å²) in [4.78, 5) is 0. The zero-order chi connectivity index (χ0) is 12.7. The van der Waals surface area contributed by atoms with Crippen LogP contribution >= 0.6 is 0 Å². The van der Waals surface area contributed by atoms with Gasteiger partial charge in [0.1, 0.15) is 0 Å². The molecule has 1 atom stereocenters. The molecule has 1 fully saturated rings. The molecule has 0 aromatic rings. The summed E-state index contributed by atoms with van der Waals surface area (Å²) in [5.74, 6) is 6.98. The molecule has 0 aromatic carbocycles. The fourth-order valence-electron chi connectivity index (χ4n) is 2.96. The summed E-state index contributed by atoms with van der Waals surface area (Å²) in [6, 6.07) is 0.431.